The third kappa shape index (κ3) is 3.35. The van der Waals surface area contributed by atoms with Crippen LogP contribution in [0.5, 0.6) is 0 Å². The van der Waals surface area contributed by atoms with Gasteiger partial charge in [-0.05, 0) is 32.0 Å². The fourth-order valence-corrected chi connectivity index (χ4v) is 3.80. The van der Waals surface area contributed by atoms with Crippen molar-refractivity contribution in [1.29, 1.82) is 0 Å². The van der Waals surface area contributed by atoms with Crippen molar-refractivity contribution in [3.63, 3.8) is 0 Å². The summed E-state index contributed by atoms with van der Waals surface area (Å²) in [6.07, 6.45) is 1.85. The largest absolute Gasteiger partial charge is 0.366 e. The molecule has 0 bridgehead atoms. The van der Waals surface area contributed by atoms with E-state index in [1.165, 1.54) is 17.7 Å². The van der Waals surface area contributed by atoms with E-state index in [9.17, 15) is 8.78 Å². The Balaban J connectivity index is 1.54. The Kier molecular flexibility index (Phi) is 4.72. The first-order valence-electron chi connectivity index (χ1n) is 9.14. The molecule has 0 spiro atoms. The second-order valence-electron chi connectivity index (χ2n) is 6.84. The molecule has 1 saturated heterocycles. The Morgan fingerprint density at radius 2 is 1.69 bits per heavy atom. The van der Waals surface area contributed by atoms with Gasteiger partial charge in [0.1, 0.15) is 23.3 Å². The van der Waals surface area contributed by atoms with Gasteiger partial charge >= 0.3 is 0 Å². The number of aryl methyl sites for hydroxylation is 1. The summed E-state index contributed by atoms with van der Waals surface area (Å²) in [5.41, 5.74) is 2.85. The molecule has 0 radical (unpaired) electrons. The van der Waals surface area contributed by atoms with Crippen LogP contribution in [0, 0.1) is 18.6 Å². The molecule has 1 aromatic heterocycles. The maximum atomic E-state index is 14.1. The minimum atomic E-state index is -0.544. The molecule has 0 saturated carbocycles. The number of aromatic nitrogens is 2. The summed E-state index contributed by atoms with van der Waals surface area (Å²) in [5, 5.41) is 3.42. The van der Waals surface area contributed by atoms with E-state index in [0.717, 1.165) is 62.4 Å². The van der Waals surface area contributed by atoms with Gasteiger partial charge in [-0.1, -0.05) is 0 Å². The monoisotopic (exact) mass is 359 g/mol. The summed E-state index contributed by atoms with van der Waals surface area (Å²) in [4.78, 5) is 13.6. The first kappa shape index (κ1) is 17.1. The van der Waals surface area contributed by atoms with Crippen LogP contribution in [-0.2, 0) is 12.8 Å². The second kappa shape index (κ2) is 7.15. The molecular weight excluding hydrogens is 336 g/mol. The van der Waals surface area contributed by atoms with Crippen LogP contribution in [0.2, 0.25) is 0 Å². The number of benzene rings is 1. The predicted octanol–water partition coefficient (Wildman–Crippen LogP) is 2.08. The Morgan fingerprint density at radius 3 is 2.46 bits per heavy atom. The number of rotatable bonds is 2. The van der Waals surface area contributed by atoms with Crippen LogP contribution in [0.15, 0.2) is 18.2 Å². The Bertz CT molecular complexity index is 803. The number of nitrogens with zero attached hydrogens (tertiary/aromatic N) is 4. The molecule has 2 aliphatic heterocycles. The minimum absolute atomic E-state index is 0.466. The van der Waals surface area contributed by atoms with Crippen molar-refractivity contribution in [2.75, 3.05) is 49.1 Å². The van der Waals surface area contributed by atoms with Crippen LogP contribution >= 0.6 is 0 Å². The maximum absolute atomic E-state index is 14.1. The fraction of sp³-hybridized carbons (Fsp3) is 0.474. The lowest BCUT2D eigenvalue weighted by Gasteiger charge is -2.37. The van der Waals surface area contributed by atoms with E-state index in [-0.39, 0.29) is 0 Å². The van der Waals surface area contributed by atoms with Gasteiger partial charge in [-0.25, -0.2) is 18.7 Å². The van der Waals surface area contributed by atoms with Crippen LogP contribution in [0.4, 0.5) is 20.3 Å². The molecule has 3 heterocycles. The van der Waals surface area contributed by atoms with Crippen LogP contribution in [0.1, 0.15) is 17.1 Å². The van der Waals surface area contributed by atoms with Crippen molar-refractivity contribution in [2.24, 2.45) is 0 Å². The molecule has 0 unspecified atom stereocenters. The zero-order chi connectivity index (χ0) is 18.1. The highest BCUT2D eigenvalue weighted by Crippen LogP contribution is 2.27. The molecule has 5 nitrogen and oxygen atoms in total. The lowest BCUT2D eigenvalue weighted by molar-refractivity contribution is 0.569. The van der Waals surface area contributed by atoms with Gasteiger partial charge in [0, 0.05) is 50.8 Å². The van der Waals surface area contributed by atoms with Gasteiger partial charge in [-0.3, -0.25) is 0 Å². The number of hydrogen-bond donors (Lipinski definition) is 1. The van der Waals surface area contributed by atoms with Gasteiger partial charge in [0.05, 0.1) is 11.4 Å². The average molecular weight is 359 g/mol. The predicted molar refractivity (Wildman–Crippen MR) is 97.8 cm³/mol. The van der Waals surface area contributed by atoms with Gasteiger partial charge in [-0.15, -0.1) is 0 Å². The smallest absolute Gasteiger partial charge is 0.149 e. The molecule has 2 aliphatic rings. The summed E-state index contributed by atoms with van der Waals surface area (Å²) >= 11 is 0. The first-order chi connectivity index (χ1) is 12.6. The fourth-order valence-electron chi connectivity index (χ4n) is 3.80. The Morgan fingerprint density at radius 1 is 0.962 bits per heavy atom. The van der Waals surface area contributed by atoms with E-state index in [1.807, 2.05) is 11.8 Å². The van der Waals surface area contributed by atoms with Crippen molar-refractivity contribution in [3.05, 3.63) is 46.9 Å². The minimum Gasteiger partial charge on any atom is -0.366 e. The highest BCUT2D eigenvalue weighted by Gasteiger charge is 2.25. The van der Waals surface area contributed by atoms with Crippen molar-refractivity contribution in [3.8, 4) is 0 Å². The normalized spacial score (nSPS) is 17.8. The maximum Gasteiger partial charge on any atom is 0.149 e. The van der Waals surface area contributed by atoms with Crippen LogP contribution in [0.25, 0.3) is 0 Å². The number of fused-ring (bicyclic) bond motifs is 1. The summed E-state index contributed by atoms with van der Waals surface area (Å²) < 4.78 is 27.2. The van der Waals surface area contributed by atoms with Crippen LogP contribution < -0.4 is 15.1 Å². The quantitative estimate of drug-likeness (QED) is 0.889. The zero-order valence-electron chi connectivity index (χ0n) is 14.9. The van der Waals surface area contributed by atoms with E-state index in [2.05, 4.69) is 15.2 Å². The van der Waals surface area contributed by atoms with Gasteiger partial charge in [0.25, 0.3) is 0 Å². The Labute approximate surface area is 152 Å². The highest BCUT2D eigenvalue weighted by atomic mass is 19.1. The van der Waals surface area contributed by atoms with Gasteiger partial charge < -0.3 is 15.1 Å². The summed E-state index contributed by atoms with van der Waals surface area (Å²) in [6.45, 7) is 6.69. The molecule has 138 valence electrons. The van der Waals surface area contributed by atoms with Crippen molar-refractivity contribution in [1.82, 2.24) is 15.3 Å². The van der Waals surface area contributed by atoms with Gasteiger partial charge in [0.2, 0.25) is 0 Å². The molecule has 0 aliphatic carbocycles. The topological polar surface area (TPSA) is 44.3 Å². The molecule has 0 atom stereocenters. The molecule has 7 heteroatoms. The van der Waals surface area contributed by atoms with E-state index < -0.39 is 11.6 Å². The molecule has 26 heavy (non-hydrogen) atoms. The molecule has 1 fully saturated rings. The van der Waals surface area contributed by atoms with Gasteiger partial charge in [-0.2, -0.15) is 0 Å². The van der Waals surface area contributed by atoms with E-state index >= 15 is 0 Å². The average Bonchev–Trinajstić information content (AvgIpc) is 2.87. The molecule has 4 rings (SSSR count). The number of anilines is 2. The highest BCUT2D eigenvalue weighted by molar-refractivity contribution is 5.54. The summed E-state index contributed by atoms with van der Waals surface area (Å²) in [7, 11) is 0. The Hall–Kier alpha value is -2.28. The van der Waals surface area contributed by atoms with Gasteiger partial charge in [0.15, 0.2) is 0 Å². The number of halogens is 2. The molecule has 1 aromatic carbocycles. The van der Waals surface area contributed by atoms with E-state index in [4.69, 9.17) is 4.98 Å². The molecular formula is C19H23F2N5. The van der Waals surface area contributed by atoms with Crippen molar-refractivity contribution in [2.45, 2.75) is 19.8 Å². The SMILES string of the molecule is Cc1nc2c(c(N3CCN(c4ccc(F)cc4F)CC3)n1)CCNCC2. The second-order valence-corrected chi connectivity index (χ2v) is 6.84. The number of nitrogens with one attached hydrogen (secondary N) is 1. The third-order valence-electron chi connectivity index (χ3n) is 5.10. The van der Waals surface area contributed by atoms with Crippen LogP contribution in [-0.4, -0.2) is 49.2 Å². The molecule has 1 N–H and O–H groups in total. The van der Waals surface area contributed by atoms with E-state index in [1.54, 1.807) is 0 Å². The molecule has 2 aromatic rings. The van der Waals surface area contributed by atoms with Crippen LogP contribution in [0.3, 0.4) is 0 Å². The van der Waals surface area contributed by atoms with Crippen molar-refractivity contribution >= 4 is 11.5 Å². The summed E-state index contributed by atoms with van der Waals surface area (Å²) in [5.74, 6) is 0.775. The summed E-state index contributed by atoms with van der Waals surface area (Å²) in [6, 6.07) is 3.78. The number of piperazine rings is 1. The third-order valence-corrected chi connectivity index (χ3v) is 5.10. The standard InChI is InChI=1S/C19H23F2N5/c1-13-23-17-5-7-22-6-4-15(17)19(24-13)26-10-8-25(9-11-26)18-3-2-14(20)12-16(18)21/h2-3,12,22H,4-11H2,1H3. The number of hydrogen-bond acceptors (Lipinski definition) is 5. The lowest BCUT2D eigenvalue weighted by Crippen LogP contribution is -2.47. The zero-order valence-corrected chi connectivity index (χ0v) is 14.9. The first-order valence-corrected chi connectivity index (χ1v) is 9.14. The molecule has 0 amide bonds. The van der Waals surface area contributed by atoms with Crippen molar-refractivity contribution < 1.29 is 8.78 Å². The van der Waals surface area contributed by atoms with E-state index in [0.29, 0.717) is 18.8 Å². The lowest BCUT2D eigenvalue weighted by atomic mass is 10.1.